The molecule has 5 nitrogen and oxygen atoms in total. The van der Waals surface area contributed by atoms with E-state index < -0.39 is 10.0 Å². The molecule has 20 heavy (non-hydrogen) atoms. The Morgan fingerprint density at radius 2 is 1.95 bits per heavy atom. The van der Waals surface area contributed by atoms with Crippen LogP contribution in [0.15, 0.2) is 29.2 Å². The number of halogens is 1. The molecule has 0 heterocycles. The molecule has 1 N–H and O–H groups in total. The molecule has 1 aromatic rings. The lowest BCUT2D eigenvalue weighted by Gasteiger charge is -2.16. The third-order valence-corrected chi connectivity index (χ3v) is 4.68. The molecule has 0 atom stereocenters. The molecule has 0 aliphatic carbocycles. The molecule has 0 bridgehead atoms. The van der Waals surface area contributed by atoms with Gasteiger partial charge in [-0.1, -0.05) is 12.1 Å². The van der Waals surface area contributed by atoms with Gasteiger partial charge in [0.25, 0.3) is 0 Å². The molecule has 0 saturated heterocycles. The van der Waals surface area contributed by atoms with E-state index in [2.05, 4.69) is 5.32 Å². The molecule has 0 saturated carbocycles. The fraction of sp³-hybridized carbons (Fsp3) is 0.538. The van der Waals surface area contributed by atoms with E-state index in [0.29, 0.717) is 31.3 Å². The fourth-order valence-corrected chi connectivity index (χ4v) is 2.76. The molecule has 1 rings (SSSR count). The average Bonchev–Trinajstić information content (AvgIpc) is 2.43. The number of nitrogens with one attached hydrogen (secondary N) is 1. The van der Waals surface area contributed by atoms with E-state index in [0.717, 1.165) is 6.42 Å². The quantitative estimate of drug-likeness (QED) is 0.558. The summed E-state index contributed by atoms with van der Waals surface area (Å²) >= 11 is 5.50. The maximum absolute atomic E-state index is 12.2. The third kappa shape index (κ3) is 4.94. The molecule has 0 unspecified atom stereocenters. The van der Waals surface area contributed by atoms with Crippen LogP contribution in [0.3, 0.4) is 0 Å². The zero-order valence-corrected chi connectivity index (χ0v) is 13.4. The number of ether oxygens (including phenoxy) is 1. The molecular formula is C13H21ClN2O3S. The summed E-state index contributed by atoms with van der Waals surface area (Å²) in [5, 5.41) is 3.13. The first-order valence-corrected chi connectivity index (χ1v) is 8.36. The van der Waals surface area contributed by atoms with Gasteiger partial charge in [0.1, 0.15) is 4.90 Å². The summed E-state index contributed by atoms with van der Waals surface area (Å²) in [5.74, 6) is 0.483. The maximum Gasteiger partial charge on any atom is 0.244 e. The van der Waals surface area contributed by atoms with Crippen LogP contribution < -0.4 is 5.32 Å². The number of hydrogen-bond acceptors (Lipinski definition) is 4. The monoisotopic (exact) mass is 320 g/mol. The van der Waals surface area contributed by atoms with Gasteiger partial charge in [0, 0.05) is 33.1 Å². The van der Waals surface area contributed by atoms with Crippen LogP contribution in [0, 0.1) is 0 Å². The predicted octanol–water partition coefficient (Wildman–Crippen LogP) is 1.99. The number of alkyl halides is 1. The fourth-order valence-electron chi connectivity index (χ4n) is 1.59. The topological polar surface area (TPSA) is 58.6 Å². The molecule has 0 fully saturated rings. The van der Waals surface area contributed by atoms with Crippen molar-refractivity contribution >= 4 is 27.3 Å². The van der Waals surface area contributed by atoms with Crippen molar-refractivity contribution in [1.82, 2.24) is 4.31 Å². The van der Waals surface area contributed by atoms with Crippen LogP contribution in [0.1, 0.15) is 6.42 Å². The minimum atomic E-state index is -3.44. The highest BCUT2D eigenvalue weighted by Gasteiger charge is 2.20. The van der Waals surface area contributed by atoms with Gasteiger partial charge in [0.05, 0.1) is 12.3 Å². The van der Waals surface area contributed by atoms with Crippen LogP contribution in [0.2, 0.25) is 0 Å². The summed E-state index contributed by atoms with van der Waals surface area (Å²) in [5.41, 5.74) is 0.610. The molecule has 0 radical (unpaired) electrons. The highest BCUT2D eigenvalue weighted by Crippen LogP contribution is 2.22. The van der Waals surface area contributed by atoms with Gasteiger partial charge in [-0.05, 0) is 18.6 Å². The zero-order chi connectivity index (χ0) is 15.0. The van der Waals surface area contributed by atoms with Crippen molar-refractivity contribution < 1.29 is 13.2 Å². The van der Waals surface area contributed by atoms with Gasteiger partial charge in [-0.3, -0.25) is 0 Å². The SMILES string of the molecule is CN(C)S(=O)(=O)c1ccccc1NCCCOCCCl. The van der Waals surface area contributed by atoms with E-state index in [1.165, 1.54) is 18.4 Å². The van der Waals surface area contributed by atoms with E-state index in [1.807, 2.05) is 0 Å². The average molecular weight is 321 g/mol. The minimum absolute atomic E-state index is 0.284. The van der Waals surface area contributed by atoms with Crippen LogP contribution in [0.4, 0.5) is 5.69 Å². The lowest BCUT2D eigenvalue weighted by Crippen LogP contribution is -2.23. The maximum atomic E-state index is 12.2. The molecule has 7 heteroatoms. The Labute approximate surface area is 125 Å². The van der Waals surface area contributed by atoms with Crippen molar-refractivity contribution in [2.75, 3.05) is 45.1 Å². The van der Waals surface area contributed by atoms with Gasteiger partial charge in [0.2, 0.25) is 10.0 Å². The van der Waals surface area contributed by atoms with E-state index in [1.54, 1.807) is 24.3 Å². The molecule has 0 spiro atoms. The van der Waals surface area contributed by atoms with Crippen molar-refractivity contribution in [3.8, 4) is 0 Å². The Morgan fingerprint density at radius 3 is 2.60 bits per heavy atom. The molecule has 0 aliphatic heterocycles. The van der Waals surface area contributed by atoms with E-state index in [-0.39, 0.29) is 4.90 Å². The summed E-state index contributed by atoms with van der Waals surface area (Å²) in [6.45, 7) is 1.78. The van der Waals surface area contributed by atoms with Crippen molar-refractivity contribution in [3.05, 3.63) is 24.3 Å². The number of hydrogen-bond donors (Lipinski definition) is 1. The largest absolute Gasteiger partial charge is 0.384 e. The molecule has 0 aromatic heterocycles. The first kappa shape index (κ1) is 17.2. The number of para-hydroxylation sites is 1. The van der Waals surface area contributed by atoms with Crippen LogP contribution in [0.25, 0.3) is 0 Å². The van der Waals surface area contributed by atoms with Crippen molar-refractivity contribution in [3.63, 3.8) is 0 Å². The Morgan fingerprint density at radius 1 is 1.25 bits per heavy atom. The predicted molar refractivity (Wildman–Crippen MR) is 82.0 cm³/mol. The summed E-state index contributed by atoms with van der Waals surface area (Å²) in [7, 11) is -0.397. The van der Waals surface area contributed by atoms with Crippen molar-refractivity contribution in [1.29, 1.82) is 0 Å². The number of sulfonamides is 1. The Hall–Kier alpha value is -0.820. The number of anilines is 1. The number of rotatable bonds is 9. The lowest BCUT2D eigenvalue weighted by atomic mass is 10.3. The summed E-state index contributed by atoms with van der Waals surface area (Å²) in [6.07, 6.45) is 0.785. The first-order chi connectivity index (χ1) is 9.50. The molecule has 114 valence electrons. The lowest BCUT2D eigenvalue weighted by molar-refractivity contribution is 0.149. The normalized spacial score (nSPS) is 11.8. The Bertz CT molecular complexity index is 506. The van der Waals surface area contributed by atoms with Crippen molar-refractivity contribution in [2.45, 2.75) is 11.3 Å². The Kier molecular flexibility index (Phi) is 7.29. The standard InChI is InChI=1S/C13H21ClN2O3S/c1-16(2)20(17,18)13-7-4-3-6-12(13)15-9-5-10-19-11-8-14/h3-4,6-7,15H,5,8-11H2,1-2H3. The number of benzene rings is 1. The van der Waals surface area contributed by atoms with Gasteiger partial charge in [-0.15, -0.1) is 11.6 Å². The van der Waals surface area contributed by atoms with Gasteiger partial charge in [-0.2, -0.15) is 0 Å². The van der Waals surface area contributed by atoms with E-state index in [9.17, 15) is 8.42 Å². The smallest absolute Gasteiger partial charge is 0.244 e. The molecule has 0 aliphatic rings. The third-order valence-electron chi connectivity index (χ3n) is 2.65. The highest BCUT2D eigenvalue weighted by molar-refractivity contribution is 7.89. The second kappa shape index (κ2) is 8.46. The minimum Gasteiger partial charge on any atom is -0.384 e. The van der Waals surface area contributed by atoms with Gasteiger partial charge in [-0.25, -0.2) is 12.7 Å². The van der Waals surface area contributed by atoms with Gasteiger partial charge >= 0.3 is 0 Å². The molecule has 1 aromatic carbocycles. The van der Waals surface area contributed by atoms with Crippen LogP contribution in [0.5, 0.6) is 0 Å². The summed E-state index contributed by atoms with van der Waals surface area (Å²) in [6, 6.07) is 6.88. The van der Waals surface area contributed by atoms with E-state index in [4.69, 9.17) is 16.3 Å². The molecular weight excluding hydrogens is 300 g/mol. The second-order valence-corrected chi connectivity index (χ2v) is 6.86. The number of nitrogens with zero attached hydrogens (tertiary/aromatic N) is 1. The molecule has 0 amide bonds. The highest BCUT2D eigenvalue weighted by atomic mass is 35.5. The van der Waals surface area contributed by atoms with E-state index >= 15 is 0 Å². The second-order valence-electron chi connectivity index (χ2n) is 4.37. The summed E-state index contributed by atoms with van der Waals surface area (Å²) in [4.78, 5) is 0.284. The van der Waals surface area contributed by atoms with Crippen LogP contribution >= 0.6 is 11.6 Å². The Balaban J connectivity index is 2.63. The van der Waals surface area contributed by atoms with Gasteiger partial charge in [0.15, 0.2) is 0 Å². The summed E-state index contributed by atoms with van der Waals surface area (Å²) < 4.78 is 30.8. The zero-order valence-electron chi connectivity index (χ0n) is 11.8. The first-order valence-electron chi connectivity index (χ1n) is 6.39. The van der Waals surface area contributed by atoms with Gasteiger partial charge < -0.3 is 10.1 Å². The van der Waals surface area contributed by atoms with Crippen molar-refractivity contribution in [2.24, 2.45) is 0 Å². The van der Waals surface area contributed by atoms with Crippen LogP contribution in [-0.2, 0) is 14.8 Å². The van der Waals surface area contributed by atoms with Crippen LogP contribution in [-0.4, -0.2) is 52.5 Å².